The molecule has 0 spiro atoms. The number of hydrogen-bond acceptors (Lipinski definition) is 5. The highest BCUT2D eigenvalue weighted by molar-refractivity contribution is 5.89. The Morgan fingerprint density at radius 2 is 2.60 bits per heavy atom. The van der Waals surface area contributed by atoms with Gasteiger partial charge in [-0.1, -0.05) is 0 Å². The maximum absolute atomic E-state index is 11.4. The number of carbonyl (C=O) groups excluding carboxylic acids is 1. The molecule has 0 radical (unpaired) electrons. The van der Waals surface area contributed by atoms with Crippen molar-refractivity contribution in [3.63, 3.8) is 0 Å². The zero-order valence-corrected chi connectivity index (χ0v) is 8.27. The monoisotopic (exact) mass is 211 g/mol. The first kappa shape index (κ1) is 10.0. The summed E-state index contributed by atoms with van der Waals surface area (Å²) in [4.78, 5) is 11.4. The summed E-state index contributed by atoms with van der Waals surface area (Å²) in [6.07, 6.45) is 2.15. The lowest BCUT2D eigenvalue weighted by Crippen LogP contribution is -2.33. The molecule has 1 aliphatic rings. The van der Waals surface area contributed by atoms with Gasteiger partial charge in [0.2, 0.25) is 0 Å². The minimum Gasteiger partial charge on any atom is -0.381 e. The highest BCUT2D eigenvalue weighted by Gasteiger charge is 2.16. The van der Waals surface area contributed by atoms with Crippen LogP contribution in [0.4, 0.5) is 0 Å². The van der Waals surface area contributed by atoms with E-state index in [9.17, 15) is 4.79 Å². The summed E-state index contributed by atoms with van der Waals surface area (Å²) >= 11 is 0. The van der Waals surface area contributed by atoms with Crippen LogP contribution >= 0.6 is 0 Å². The molecule has 2 rings (SSSR count). The summed E-state index contributed by atoms with van der Waals surface area (Å²) in [6.45, 7) is 2.15. The number of hydrogen-bond donors (Lipinski definition) is 2. The Labute approximate surface area is 86.6 Å². The second kappa shape index (κ2) is 4.83. The van der Waals surface area contributed by atoms with Crippen molar-refractivity contribution >= 4 is 5.91 Å². The fraction of sp³-hybridized carbons (Fsp3) is 0.750. The molecular weight excluding hydrogens is 198 g/mol. The number of amides is 1. The topological polar surface area (TPSA) is 92.8 Å². The van der Waals surface area contributed by atoms with Crippen molar-refractivity contribution in [3.05, 3.63) is 5.82 Å². The SMILES string of the molecule is O=C(NCC1CCCOC1)c1nn[nH]n1. The van der Waals surface area contributed by atoms with Gasteiger partial charge in [0.25, 0.3) is 11.7 Å². The number of ether oxygens (including phenoxy) is 1. The first-order valence-electron chi connectivity index (χ1n) is 4.95. The Morgan fingerprint density at radius 1 is 1.67 bits per heavy atom. The summed E-state index contributed by atoms with van der Waals surface area (Å²) in [5, 5.41) is 15.5. The molecule has 1 unspecified atom stereocenters. The van der Waals surface area contributed by atoms with Crippen molar-refractivity contribution < 1.29 is 9.53 Å². The molecule has 1 amide bonds. The standard InChI is InChI=1S/C8H13N5O2/c14-8(7-10-12-13-11-7)9-4-6-2-1-3-15-5-6/h6H,1-5H2,(H,9,14)(H,10,11,12,13). The van der Waals surface area contributed by atoms with Crippen molar-refractivity contribution in [1.29, 1.82) is 0 Å². The molecule has 82 valence electrons. The van der Waals surface area contributed by atoms with Gasteiger partial charge < -0.3 is 10.1 Å². The smallest absolute Gasteiger partial charge is 0.292 e. The van der Waals surface area contributed by atoms with Gasteiger partial charge >= 0.3 is 0 Å². The Kier molecular flexibility index (Phi) is 3.23. The van der Waals surface area contributed by atoms with Gasteiger partial charge in [-0.2, -0.15) is 5.21 Å². The largest absolute Gasteiger partial charge is 0.381 e. The van der Waals surface area contributed by atoms with Crippen LogP contribution in [-0.4, -0.2) is 46.3 Å². The molecule has 1 saturated heterocycles. The summed E-state index contributed by atoms with van der Waals surface area (Å²) in [6, 6.07) is 0. The molecule has 0 bridgehead atoms. The molecule has 1 fully saturated rings. The lowest BCUT2D eigenvalue weighted by molar-refractivity contribution is 0.0535. The third-order valence-corrected chi connectivity index (χ3v) is 2.35. The quantitative estimate of drug-likeness (QED) is 0.693. The van der Waals surface area contributed by atoms with Gasteiger partial charge in [-0.05, 0) is 24.0 Å². The fourth-order valence-electron chi connectivity index (χ4n) is 1.54. The number of nitrogens with one attached hydrogen (secondary N) is 2. The van der Waals surface area contributed by atoms with Crippen molar-refractivity contribution in [2.24, 2.45) is 5.92 Å². The molecule has 7 nitrogen and oxygen atoms in total. The van der Waals surface area contributed by atoms with Gasteiger partial charge in [0.05, 0.1) is 6.61 Å². The van der Waals surface area contributed by atoms with E-state index in [4.69, 9.17) is 4.74 Å². The molecular formula is C8H13N5O2. The number of aromatic nitrogens is 4. The third kappa shape index (κ3) is 2.72. The van der Waals surface area contributed by atoms with Crippen molar-refractivity contribution in [3.8, 4) is 0 Å². The Hall–Kier alpha value is -1.50. The van der Waals surface area contributed by atoms with E-state index < -0.39 is 0 Å². The number of H-pyrrole nitrogens is 1. The first-order chi connectivity index (χ1) is 7.36. The van der Waals surface area contributed by atoms with Crippen LogP contribution in [0.1, 0.15) is 23.5 Å². The Morgan fingerprint density at radius 3 is 3.27 bits per heavy atom. The molecule has 1 aromatic rings. The van der Waals surface area contributed by atoms with Crippen molar-refractivity contribution in [2.75, 3.05) is 19.8 Å². The molecule has 0 saturated carbocycles. The van der Waals surface area contributed by atoms with E-state index in [-0.39, 0.29) is 11.7 Å². The molecule has 1 aromatic heterocycles. The van der Waals surface area contributed by atoms with Gasteiger partial charge in [-0.25, -0.2) is 0 Å². The van der Waals surface area contributed by atoms with Crippen molar-refractivity contribution in [1.82, 2.24) is 25.9 Å². The number of rotatable bonds is 3. The predicted octanol–water partition coefficient (Wildman–Crippen LogP) is -0.644. The molecule has 0 aliphatic carbocycles. The molecule has 7 heteroatoms. The maximum atomic E-state index is 11.4. The van der Waals surface area contributed by atoms with Crippen LogP contribution in [0.15, 0.2) is 0 Å². The van der Waals surface area contributed by atoms with Crippen LogP contribution in [0.2, 0.25) is 0 Å². The number of tetrazole rings is 1. The van der Waals surface area contributed by atoms with E-state index in [1.54, 1.807) is 0 Å². The van der Waals surface area contributed by atoms with Crippen LogP contribution in [0.25, 0.3) is 0 Å². The molecule has 1 atom stereocenters. The van der Waals surface area contributed by atoms with Crippen LogP contribution in [0.3, 0.4) is 0 Å². The van der Waals surface area contributed by atoms with Gasteiger partial charge in [0.1, 0.15) is 0 Å². The molecule has 2 heterocycles. The van der Waals surface area contributed by atoms with E-state index in [1.807, 2.05) is 0 Å². The normalized spacial score (nSPS) is 21.2. The van der Waals surface area contributed by atoms with E-state index in [0.29, 0.717) is 19.1 Å². The van der Waals surface area contributed by atoms with E-state index >= 15 is 0 Å². The van der Waals surface area contributed by atoms with Gasteiger partial charge in [-0.3, -0.25) is 4.79 Å². The predicted molar refractivity (Wildman–Crippen MR) is 50.1 cm³/mol. The van der Waals surface area contributed by atoms with Crippen LogP contribution in [0, 0.1) is 5.92 Å². The second-order valence-corrected chi connectivity index (χ2v) is 3.53. The first-order valence-corrected chi connectivity index (χ1v) is 4.95. The van der Waals surface area contributed by atoms with E-state index in [2.05, 4.69) is 25.9 Å². The molecule has 1 aliphatic heterocycles. The summed E-state index contributed by atoms with van der Waals surface area (Å²) in [5.74, 6) is 0.177. The minimum atomic E-state index is -0.297. The maximum Gasteiger partial charge on any atom is 0.292 e. The molecule has 2 N–H and O–H groups in total. The third-order valence-electron chi connectivity index (χ3n) is 2.35. The Balaban J connectivity index is 1.75. The molecule has 15 heavy (non-hydrogen) atoms. The molecule has 0 aromatic carbocycles. The van der Waals surface area contributed by atoms with Gasteiger partial charge in [0, 0.05) is 13.2 Å². The van der Waals surface area contributed by atoms with Crippen LogP contribution in [0.5, 0.6) is 0 Å². The van der Waals surface area contributed by atoms with Gasteiger partial charge in [-0.15, -0.1) is 10.2 Å². The zero-order chi connectivity index (χ0) is 10.5. The number of carbonyl (C=O) groups is 1. The zero-order valence-electron chi connectivity index (χ0n) is 8.27. The highest BCUT2D eigenvalue weighted by atomic mass is 16.5. The van der Waals surface area contributed by atoms with Crippen molar-refractivity contribution in [2.45, 2.75) is 12.8 Å². The van der Waals surface area contributed by atoms with Gasteiger partial charge in [0.15, 0.2) is 0 Å². The summed E-state index contributed by atoms with van der Waals surface area (Å²) in [5.41, 5.74) is 0. The second-order valence-electron chi connectivity index (χ2n) is 3.53. The number of nitrogens with zero attached hydrogens (tertiary/aromatic N) is 3. The Bertz CT molecular complexity index is 307. The number of aromatic amines is 1. The lowest BCUT2D eigenvalue weighted by Gasteiger charge is -2.21. The average molecular weight is 211 g/mol. The summed E-state index contributed by atoms with van der Waals surface area (Å²) < 4.78 is 5.30. The average Bonchev–Trinajstić information content (AvgIpc) is 2.81. The van der Waals surface area contributed by atoms with E-state index in [0.717, 1.165) is 19.4 Å². The van der Waals surface area contributed by atoms with Crippen LogP contribution in [-0.2, 0) is 4.74 Å². The minimum absolute atomic E-state index is 0.0757. The van der Waals surface area contributed by atoms with E-state index in [1.165, 1.54) is 0 Å². The fourth-order valence-corrected chi connectivity index (χ4v) is 1.54. The van der Waals surface area contributed by atoms with Crippen LogP contribution < -0.4 is 5.32 Å². The lowest BCUT2D eigenvalue weighted by atomic mass is 10.0. The summed E-state index contributed by atoms with van der Waals surface area (Å²) in [7, 11) is 0. The highest BCUT2D eigenvalue weighted by Crippen LogP contribution is 2.12.